The summed E-state index contributed by atoms with van der Waals surface area (Å²) in [6, 6.07) is 27.1. The van der Waals surface area contributed by atoms with Crippen LogP contribution in [0, 0.1) is 0 Å². The molecule has 206 valence electrons. The van der Waals surface area contributed by atoms with E-state index in [1.54, 1.807) is 62.6 Å². The first-order valence-electron chi connectivity index (χ1n) is 12.9. The lowest BCUT2D eigenvalue weighted by Crippen LogP contribution is -2.19. The second-order valence-corrected chi connectivity index (χ2v) is 11.6. The van der Waals surface area contributed by atoms with Crippen LogP contribution in [0.15, 0.2) is 101 Å². The molecular weight excluding hydrogens is 526 g/mol. The molecule has 0 atom stereocenters. The highest BCUT2D eigenvalue weighted by molar-refractivity contribution is 7.92. The van der Waals surface area contributed by atoms with Crippen molar-refractivity contribution >= 4 is 26.7 Å². The molecule has 0 aliphatic heterocycles. The molecule has 4 aromatic carbocycles. The van der Waals surface area contributed by atoms with Crippen LogP contribution in [0.25, 0.3) is 11.0 Å². The van der Waals surface area contributed by atoms with Gasteiger partial charge in [0.2, 0.25) is 0 Å². The molecule has 5 rings (SSSR count). The molecule has 1 heterocycles. The third kappa shape index (κ3) is 5.60. The van der Waals surface area contributed by atoms with Crippen LogP contribution < -0.4 is 19.9 Å². The van der Waals surface area contributed by atoms with Crippen molar-refractivity contribution in [2.75, 3.05) is 4.72 Å². The van der Waals surface area contributed by atoms with Crippen molar-refractivity contribution in [2.45, 2.75) is 31.3 Å². The van der Waals surface area contributed by atoms with Crippen LogP contribution in [0.2, 0.25) is 0 Å². The lowest BCUT2D eigenvalue weighted by Gasteiger charge is -2.16. The van der Waals surface area contributed by atoms with Crippen LogP contribution in [0.5, 0.6) is 17.2 Å². The first kappa shape index (κ1) is 27.1. The number of anilines is 1. The summed E-state index contributed by atoms with van der Waals surface area (Å²) < 4.78 is 44.8. The van der Waals surface area contributed by atoms with Gasteiger partial charge in [0.1, 0.15) is 18.1 Å². The van der Waals surface area contributed by atoms with Crippen molar-refractivity contribution in [1.82, 2.24) is 9.13 Å². The average molecular weight is 558 g/mol. The second-order valence-electron chi connectivity index (χ2n) is 9.92. The van der Waals surface area contributed by atoms with E-state index in [4.69, 9.17) is 9.47 Å². The molecule has 0 spiro atoms. The Kier molecular flexibility index (Phi) is 7.40. The molecule has 1 N–H and O–H groups in total. The maximum atomic E-state index is 13.5. The number of sulfonamides is 1. The Bertz CT molecular complexity index is 1840. The van der Waals surface area contributed by atoms with Gasteiger partial charge in [0, 0.05) is 26.2 Å². The normalized spacial score (nSPS) is 11.6. The van der Waals surface area contributed by atoms with Crippen LogP contribution in [-0.2, 0) is 30.7 Å². The monoisotopic (exact) mass is 557 g/mol. The molecule has 0 aliphatic rings. The zero-order valence-corrected chi connectivity index (χ0v) is 23.6. The molecule has 0 aliphatic carbocycles. The maximum Gasteiger partial charge on any atom is 0.328 e. The van der Waals surface area contributed by atoms with Crippen LogP contribution in [0.3, 0.4) is 0 Å². The van der Waals surface area contributed by atoms with Gasteiger partial charge in [-0.1, -0.05) is 62.4 Å². The number of ether oxygens (including phenoxy) is 2. The second kappa shape index (κ2) is 10.9. The van der Waals surface area contributed by atoms with Gasteiger partial charge in [-0.25, -0.2) is 13.2 Å². The highest BCUT2D eigenvalue weighted by Gasteiger charge is 2.21. The first-order valence-corrected chi connectivity index (χ1v) is 14.4. The van der Waals surface area contributed by atoms with Crippen molar-refractivity contribution < 1.29 is 17.9 Å². The Morgan fingerprint density at radius 3 is 2.20 bits per heavy atom. The maximum absolute atomic E-state index is 13.5. The van der Waals surface area contributed by atoms with Crippen LogP contribution >= 0.6 is 0 Å². The molecule has 0 bridgehead atoms. The predicted molar refractivity (Wildman–Crippen MR) is 157 cm³/mol. The standard InChI is InChI=1S/C31H31N3O5S/c1-21(2)23-12-8-15-26(16-23)40(36,37)32-27-18-28-29(34(4)31(35)33(28)3)19-30(27)39-25-14-9-13-24(17-25)38-20-22-10-6-5-7-11-22/h5-19,21,32H,20H2,1-4H3. The summed E-state index contributed by atoms with van der Waals surface area (Å²) in [5.74, 6) is 1.47. The lowest BCUT2D eigenvalue weighted by molar-refractivity contribution is 0.304. The molecule has 0 unspecified atom stereocenters. The van der Waals surface area contributed by atoms with Gasteiger partial charge in [-0.3, -0.25) is 13.9 Å². The number of hydrogen-bond donors (Lipinski definition) is 1. The summed E-state index contributed by atoms with van der Waals surface area (Å²) in [6.45, 7) is 4.40. The first-order chi connectivity index (χ1) is 19.1. The zero-order valence-electron chi connectivity index (χ0n) is 22.8. The Balaban J connectivity index is 1.51. The minimum atomic E-state index is -3.97. The number of nitrogens with zero attached hydrogens (tertiary/aromatic N) is 2. The molecular formula is C31H31N3O5S. The number of rotatable bonds is 9. The van der Waals surface area contributed by atoms with E-state index in [1.165, 1.54) is 9.13 Å². The largest absolute Gasteiger partial charge is 0.489 e. The lowest BCUT2D eigenvalue weighted by atomic mass is 10.0. The highest BCUT2D eigenvalue weighted by Crippen LogP contribution is 2.36. The molecule has 0 radical (unpaired) electrons. The Labute approximate surface area is 233 Å². The quantitative estimate of drug-likeness (QED) is 0.234. The topological polar surface area (TPSA) is 91.6 Å². The minimum Gasteiger partial charge on any atom is -0.489 e. The summed E-state index contributed by atoms with van der Waals surface area (Å²) in [5, 5.41) is 0. The average Bonchev–Trinajstić information content (AvgIpc) is 3.15. The van der Waals surface area contributed by atoms with Gasteiger partial charge >= 0.3 is 5.69 Å². The number of hydrogen-bond acceptors (Lipinski definition) is 5. The molecule has 9 heteroatoms. The molecule has 1 aromatic heterocycles. The predicted octanol–water partition coefficient (Wildman–Crippen LogP) is 6.17. The van der Waals surface area contributed by atoms with Gasteiger partial charge in [-0.05, 0) is 47.4 Å². The summed E-state index contributed by atoms with van der Waals surface area (Å²) in [7, 11) is -0.663. The molecule has 40 heavy (non-hydrogen) atoms. The zero-order chi connectivity index (χ0) is 28.4. The van der Waals surface area contributed by atoms with E-state index >= 15 is 0 Å². The van der Waals surface area contributed by atoms with Crippen LogP contribution in [0.1, 0.15) is 30.9 Å². The SMILES string of the molecule is CC(C)c1cccc(S(=O)(=O)Nc2cc3c(cc2Oc2cccc(OCc4ccccc4)c2)n(C)c(=O)n3C)c1. The van der Waals surface area contributed by atoms with Gasteiger partial charge in [-0.2, -0.15) is 0 Å². The third-order valence-corrected chi connectivity index (χ3v) is 8.10. The summed E-state index contributed by atoms with van der Waals surface area (Å²) >= 11 is 0. The van der Waals surface area contributed by atoms with Crippen molar-refractivity contribution in [3.8, 4) is 17.2 Å². The highest BCUT2D eigenvalue weighted by atomic mass is 32.2. The third-order valence-electron chi connectivity index (χ3n) is 6.73. The molecule has 0 saturated carbocycles. The number of benzene rings is 4. The number of fused-ring (bicyclic) bond motifs is 1. The summed E-state index contributed by atoms with van der Waals surface area (Å²) in [4.78, 5) is 12.8. The Morgan fingerprint density at radius 1 is 0.800 bits per heavy atom. The van der Waals surface area contributed by atoms with Crippen molar-refractivity contribution in [3.63, 3.8) is 0 Å². The summed E-state index contributed by atoms with van der Waals surface area (Å²) in [5.41, 5.74) is 3.08. The van der Waals surface area contributed by atoms with Gasteiger partial charge in [0.25, 0.3) is 10.0 Å². The number of nitrogens with one attached hydrogen (secondary N) is 1. The summed E-state index contributed by atoms with van der Waals surface area (Å²) in [6.07, 6.45) is 0. The van der Waals surface area contributed by atoms with Crippen molar-refractivity contribution in [3.05, 3.63) is 113 Å². The molecule has 5 aromatic rings. The van der Waals surface area contributed by atoms with Crippen LogP contribution in [0.4, 0.5) is 5.69 Å². The fourth-order valence-corrected chi connectivity index (χ4v) is 5.55. The fourth-order valence-electron chi connectivity index (χ4n) is 4.43. The van der Waals surface area contributed by atoms with E-state index in [1.807, 2.05) is 56.3 Å². The van der Waals surface area contributed by atoms with E-state index in [9.17, 15) is 13.2 Å². The van der Waals surface area contributed by atoms with E-state index in [2.05, 4.69) is 4.72 Å². The Morgan fingerprint density at radius 2 is 1.48 bits per heavy atom. The molecule has 0 fully saturated rings. The minimum absolute atomic E-state index is 0.142. The van der Waals surface area contributed by atoms with E-state index < -0.39 is 10.0 Å². The van der Waals surface area contributed by atoms with Gasteiger partial charge in [0.05, 0.1) is 21.6 Å². The van der Waals surface area contributed by atoms with Gasteiger partial charge < -0.3 is 9.47 Å². The Hall–Kier alpha value is -4.50. The number of imidazole rings is 1. The molecule has 8 nitrogen and oxygen atoms in total. The van der Waals surface area contributed by atoms with Gasteiger partial charge in [0.15, 0.2) is 5.75 Å². The van der Waals surface area contributed by atoms with Gasteiger partial charge in [-0.15, -0.1) is 0 Å². The number of aromatic nitrogens is 2. The molecule has 0 amide bonds. The molecule has 0 saturated heterocycles. The van der Waals surface area contributed by atoms with Crippen molar-refractivity contribution in [2.24, 2.45) is 14.1 Å². The van der Waals surface area contributed by atoms with E-state index in [-0.39, 0.29) is 27.9 Å². The number of aryl methyl sites for hydroxylation is 2. The van der Waals surface area contributed by atoms with E-state index in [0.29, 0.717) is 29.1 Å². The van der Waals surface area contributed by atoms with Crippen LogP contribution in [-0.4, -0.2) is 17.6 Å². The smallest absolute Gasteiger partial charge is 0.328 e. The van der Waals surface area contributed by atoms with E-state index in [0.717, 1.165) is 11.1 Å². The fraction of sp³-hybridized carbons (Fsp3) is 0.194. The van der Waals surface area contributed by atoms with Crippen molar-refractivity contribution in [1.29, 1.82) is 0 Å².